The van der Waals surface area contributed by atoms with E-state index in [2.05, 4.69) is 0 Å². The Hall–Kier alpha value is -1.36. The van der Waals surface area contributed by atoms with E-state index < -0.39 is 9.84 Å². The number of ether oxygens (including phenoxy) is 1. The number of sulfone groups is 1. The smallest absolute Gasteiger partial charge is 0.152 e. The lowest BCUT2D eigenvalue weighted by atomic mass is 9.79. The Labute approximate surface area is 163 Å². The summed E-state index contributed by atoms with van der Waals surface area (Å²) in [5.74, 6) is 2.39. The number of hydrogen-bond acceptors (Lipinski definition) is 4. The van der Waals surface area contributed by atoms with Gasteiger partial charge in [-0.25, -0.2) is 8.42 Å². The van der Waals surface area contributed by atoms with Crippen molar-refractivity contribution in [2.45, 2.75) is 64.0 Å². The lowest BCUT2D eigenvalue weighted by molar-refractivity contribution is -0.123. The van der Waals surface area contributed by atoms with Crippen LogP contribution in [0.3, 0.4) is 0 Å². The van der Waals surface area contributed by atoms with Gasteiger partial charge in [-0.3, -0.25) is 4.79 Å². The van der Waals surface area contributed by atoms with E-state index in [1.54, 1.807) is 13.8 Å². The van der Waals surface area contributed by atoms with Crippen LogP contribution in [0.5, 0.6) is 5.75 Å². The van der Waals surface area contributed by atoms with E-state index >= 15 is 0 Å². The molecule has 0 N–H and O–H groups in total. The van der Waals surface area contributed by atoms with Gasteiger partial charge in [0.25, 0.3) is 0 Å². The number of Topliss-reactive ketones (excluding diaryl/α,β-unsaturated/α-hetero) is 1. The van der Waals surface area contributed by atoms with Crippen LogP contribution in [-0.4, -0.2) is 31.8 Å². The highest BCUT2D eigenvalue weighted by Gasteiger charge is 2.30. The van der Waals surface area contributed by atoms with E-state index in [4.69, 9.17) is 4.74 Å². The lowest BCUT2D eigenvalue weighted by Crippen LogP contribution is -2.29. The van der Waals surface area contributed by atoms with Gasteiger partial charge >= 0.3 is 0 Å². The van der Waals surface area contributed by atoms with Gasteiger partial charge in [-0.1, -0.05) is 12.1 Å². The van der Waals surface area contributed by atoms with E-state index in [1.165, 1.54) is 12.8 Å². The molecule has 0 aromatic heterocycles. The van der Waals surface area contributed by atoms with Gasteiger partial charge in [0.2, 0.25) is 0 Å². The first-order valence-corrected chi connectivity index (χ1v) is 12.0. The quantitative estimate of drug-likeness (QED) is 0.631. The van der Waals surface area contributed by atoms with Gasteiger partial charge < -0.3 is 4.74 Å². The maximum absolute atomic E-state index is 12.7. The molecule has 1 aromatic carbocycles. The molecule has 0 saturated heterocycles. The van der Waals surface area contributed by atoms with Crippen LogP contribution in [0.25, 0.3) is 0 Å². The normalized spacial score (nSPS) is 23.4. The second kappa shape index (κ2) is 8.76. The fourth-order valence-corrected chi connectivity index (χ4v) is 5.14. The first-order valence-electron chi connectivity index (χ1n) is 10.3. The minimum Gasteiger partial charge on any atom is -0.493 e. The third kappa shape index (κ3) is 6.06. The molecule has 3 rings (SSSR count). The predicted molar refractivity (Wildman–Crippen MR) is 108 cm³/mol. The molecule has 2 aliphatic rings. The third-order valence-corrected chi connectivity index (χ3v) is 8.32. The molecule has 0 heterocycles. The maximum atomic E-state index is 12.7. The summed E-state index contributed by atoms with van der Waals surface area (Å²) in [4.78, 5) is 12.7. The summed E-state index contributed by atoms with van der Waals surface area (Å²) in [5, 5.41) is -0.314. The van der Waals surface area contributed by atoms with Crippen molar-refractivity contribution >= 4 is 15.6 Å². The van der Waals surface area contributed by atoms with Crippen molar-refractivity contribution in [3.05, 3.63) is 29.8 Å². The fraction of sp³-hybridized carbons (Fsp3) is 0.682. The van der Waals surface area contributed by atoms with Crippen molar-refractivity contribution in [3.8, 4) is 5.75 Å². The molecule has 0 spiro atoms. The van der Waals surface area contributed by atoms with Crippen LogP contribution in [-0.2, 0) is 21.1 Å². The minimum absolute atomic E-state index is 0.0686. The second-order valence-corrected chi connectivity index (χ2v) is 11.2. The molecule has 2 aliphatic carbocycles. The number of ketones is 1. The molecule has 0 bridgehead atoms. The molecule has 0 radical (unpaired) electrons. The molecule has 4 nitrogen and oxygen atoms in total. The summed E-state index contributed by atoms with van der Waals surface area (Å²) in [6.07, 6.45) is 6.28. The highest BCUT2D eigenvalue weighted by Crippen LogP contribution is 2.32. The first kappa shape index (κ1) is 20.4. The summed E-state index contributed by atoms with van der Waals surface area (Å²) in [5.41, 5.74) is 1.01. The fourth-order valence-electron chi connectivity index (χ4n) is 3.76. The summed E-state index contributed by atoms with van der Waals surface area (Å²) >= 11 is 0. The van der Waals surface area contributed by atoms with Crippen LogP contribution in [0.2, 0.25) is 0 Å². The van der Waals surface area contributed by atoms with Crippen LogP contribution < -0.4 is 4.74 Å². The number of benzene rings is 1. The molecule has 0 amide bonds. The van der Waals surface area contributed by atoms with Crippen LogP contribution >= 0.6 is 0 Å². The predicted octanol–water partition coefficient (Wildman–Crippen LogP) is 4.22. The van der Waals surface area contributed by atoms with E-state index in [0.717, 1.165) is 43.6 Å². The van der Waals surface area contributed by atoms with Crippen molar-refractivity contribution in [1.82, 2.24) is 0 Å². The van der Waals surface area contributed by atoms with Gasteiger partial charge in [0.15, 0.2) is 9.84 Å². The maximum Gasteiger partial charge on any atom is 0.152 e. The number of carbonyl (C=O) groups excluding carboxylic acids is 1. The Morgan fingerprint density at radius 3 is 2.37 bits per heavy atom. The van der Waals surface area contributed by atoms with Gasteiger partial charge in [-0.15, -0.1) is 0 Å². The Morgan fingerprint density at radius 2 is 1.74 bits per heavy atom. The van der Waals surface area contributed by atoms with Crippen LogP contribution in [0.4, 0.5) is 0 Å². The number of rotatable bonds is 9. The first-order chi connectivity index (χ1) is 12.8. The molecule has 2 fully saturated rings. The molecule has 150 valence electrons. The Bertz CT molecular complexity index is 741. The van der Waals surface area contributed by atoms with Crippen molar-refractivity contribution in [1.29, 1.82) is 0 Å². The van der Waals surface area contributed by atoms with Crippen molar-refractivity contribution in [2.75, 3.05) is 12.4 Å². The van der Waals surface area contributed by atoms with Gasteiger partial charge in [-0.05, 0) is 81.9 Å². The summed E-state index contributed by atoms with van der Waals surface area (Å²) in [6.45, 7) is 4.26. The zero-order valence-electron chi connectivity index (χ0n) is 16.5. The summed E-state index contributed by atoms with van der Waals surface area (Å²) in [7, 11) is -2.99. The van der Waals surface area contributed by atoms with Gasteiger partial charge in [0.05, 0.1) is 17.6 Å². The molecule has 1 aromatic rings. The molecule has 0 atom stereocenters. The number of carbonyl (C=O) groups is 1. The summed E-state index contributed by atoms with van der Waals surface area (Å²) < 4.78 is 30.0. The average Bonchev–Trinajstić information content (AvgIpc) is 3.45. The molecule has 2 saturated carbocycles. The van der Waals surface area contributed by atoms with Crippen molar-refractivity contribution in [2.24, 2.45) is 17.8 Å². The SMILES string of the molecule is CC(C)S(=O)(=O)CC1CCC(C(=O)Cc2cccc(OCC3CC3)c2)CC1. The van der Waals surface area contributed by atoms with Gasteiger partial charge in [-0.2, -0.15) is 0 Å². The van der Waals surface area contributed by atoms with E-state index in [0.29, 0.717) is 12.3 Å². The Kier molecular flexibility index (Phi) is 6.61. The van der Waals surface area contributed by atoms with E-state index in [-0.39, 0.29) is 28.6 Å². The third-order valence-electron chi connectivity index (χ3n) is 5.95. The van der Waals surface area contributed by atoms with Gasteiger partial charge in [0, 0.05) is 12.3 Å². The molecular formula is C22H32O4S. The standard InChI is InChI=1S/C22H32O4S/c1-16(2)27(24,25)15-18-8-10-20(11-9-18)22(23)13-19-4-3-5-21(12-19)26-14-17-6-7-17/h3-5,12,16-18,20H,6-11,13-15H2,1-2H3. The van der Waals surface area contributed by atoms with Crippen molar-refractivity contribution in [3.63, 3.8) is 0 Å². The number of hydrogen-bond donors (Lipinski definition) is 0. The van der Waals surface area contributed by atoms with E-state index in [9.17, 15) is 13.2 Å². The minimum atomic E-state index is -2.99. The zero-order chi connectivity index (χ0) is 19.4. The molecule has 0 unspecified atom stereocenters. The highest BCUT2D eigenvalue weighted by atomic mass is 32.2. The second-order valence-electron chi connectivity index (χ2n) is 8.64. The van der Waals surface area contributed by atoms with E-state index in [1.807, 2.05) is 24.3 Å². The highest BCUT2D eigenvalue weighted by molar-refractivity contribution is 7.91. The molecule has 0 aliphatic heterocycles. The largest absolute Gasteiger partial charge is 0.493 e. The monoisotopic (exact) mass is 392 g/mol. The lowest BCUT2D eigenvalue weighted by Gasteiger charge is -2.28. The Morgan fingerprint density at radius 1 is 1.07 bits per heavy atom. The summed E-state index contributed by atoms with van der Waals surface area (Å²) in [6, 6.07) is 7.89. The van der Waals surface area contributed by atoms with Gasteiger partial charge in [0.1, 0.15) is 11.5 Å². The average molecular weight is 393 g/mol. The van der Waals surface area contributed by atoms with Crippen LogP contribution in [0, 0.1) is 17.8 Å². The van der Waals surface area contributed by atoms with Crippen LogP contribution in [0.1, 0.15) is 57.9 Å². The zero-order valence-corrected chi connectivity index (χ0v) is 17.3. The Balaban J connectivity index is 1.47. The molecule has 27 heavy (non-hydrogen) atoms. The van der Waals surface area contributed by atoms with Crippen molar-refractivity contribution < 1.29 is 17.9 Å². The molecule has 5 heteroatoms. The van der Waals surface area contributed by atoms with Crippen LogP contribution in [0.15, 0.2) is 24.3 Å². The topological polar surface area (TPSA) is 60.4 Å². The molecular weight excluding hydrogens is 360 g/mol.